The monoisotopic (exact) mass is 180 g/mol. The lowest BCUT2D eigenvalue weighted by Gasteiger charge is -2.01. The van der Waals surface area contributed by atoms with Crippen molar-refractivity contribution in [3.05, 3.63) is 11.1 Å². The average Bonchev–Trinajstić information content (AvgIpc) is 1.81. The Morgan fingerprint density at radius 2 is 2.30 bits per heavy atom. The molecule has 0 fully saturated rings. The van der Waals surface area contributed by atoms with Gasteiger partial charge in [-0.2, -0.15) is 0 Å². The number of rotatable bonds is 3. The molecule has 0 aromatic carbocycles. The second kappa shape index (κ2) is 4.60. The van der Waals surface area contributed by atoms with E-state index in [1.165, 1.54) is 13.1 Å². The van der Waals surface area contributed by atoms with Crippen molar-refractivity contribution in [3.63, 3.8) is 0 Å². The Kier molecular flexibility index (Phi) is 4.51. The first-order valence-electron chi connectivity index (χ1n) is 2.60. The molecule has 0 spiro atoms. The van der Waals surface area contributed by atoms with E-state index in [4.69, 9.17) is 16.1 Å². The Bertz CT molecular complexity index is 158. The molecular weight excluding hydrogens is 172 g/mol. The third kappa shape index (κ3) is 3.10. The molecule has 10 heavy (non-hydrogen) atoms. The number of allylic oxidation sites excluding steroid dienone is 1. The fraction of sp³-hybridized carbons (Fsp3) is 0.400. The van der Waals surface area contributed by atoms with Gasteiger partial charge in [-0.25, -0.2) is 0 Å². The van der Waals surface area contributed by atoms with Crippen LogP contribution in [0.5, 0.6) is 0 Å². The van der Waals surface area contributed by atoms with Crippen molar-refractivity contribution in [2.75, 3.05) is 7.05 Å². The van der Waals surface area contributed by atoms with Gasteiger partial charge in [0.15, 0.2) is 10.7 Å². The third-order valence-corrected chi connectivity index (χ3v) is 2.09. The zero-order valence-electron chi connectivity index (χ0n) is 5.77. The van der Waals surface area contributed by atoms with Crippen LogP contribution in [0, 0.1) is 5.41 Å². The SMILES string of the molecule is CN/C=C(\C(C)=N)[S+]([O-])Cl. The highest BCUT2D eigenvalue weighted by molar-refractivity contribution is 8.17. The molecule has 0 aromatic rings. The van der Waals surface area contributed by atoms with E-state index in [0.29, 0.717) is 4.91 Å². The van der Waals surface area contributed by atoms with Crippen molar-refractivity contribution in [1.29, 1.82) is 5.41 Å². The maximum absolute atomic E-state index is 10.6. The molecule has 0 saturated carbocycles. The summed E-state index contributed by atoms with van der Waals surface area (Å²) in [6, 6.07) is 0. The largest absolute Gasteiger partial charge is 0.594 e. The van der Waals surface area contributed by atoms with Crippen molar-refractivity contribution in [2.45, 2.75) is 6.92 Å². The Morgan fingerprint density at radius 3 is 2.40 bits per heavy atom. The number of nitrogens with one attached hydrogen (secondary N) is 2. The van der Waals surface area contributed by atoms with Crippen LogP contribution in [0.4, 0.5) is 0 Å². The van der Waals surface area contributed by atoms with Crippen LogP contribution in [0.15, 0.2) is 11.1 Å². The summed E-state index contributed by atoms with van der Waals surface area (Å²) in [4.78, 5) is 0.309. The fourth-order valence-corrected chi connectivity index (χ4v) is 1.34. The summed E-state index contributed by atoms with van der Waals surface area (Å²) in [5.74, 6) is 0. The third-order valence-electron chi connectivity index (χ3n) is 0.818. The van der Waals surface area contributed by atoms with Gasteiger partial charge in [0, 0.05) is 7.05 Å². The lowest BCUT2D eigenvalue weighted by atomic mass is 10.4. The minimum Gasteiger partial charge on any atom is -0.594 e. The zero-order chi connectivity index (χ0) is 8.15. The lowest BCUT2D eigenvalue weighted by molar-refractivity contribution is 0.615. The molecule has 0 aliphatic rings. The van der Waals surface area contributed by atoms with Crippen molar-refractivity contribution in [2.24, 2.45) is 0 Å². The zero-order valence-corrected chi connectivity index (χ0v) is 7.34. The Balaban J connectivity index is 4.27. The second-order valence-electron chi connectivity index (χ2n) is 1.65. The molecular formula is C5H9ClN2OS. The molecule has 0 radical (unpaired) electrons. The predicted molar refractivity (Wildman–Crippen MR) is 44.5 cm³/mol. The molecule has 0 amide bonds. The predicted octanol–water partition coefficient (Wildman–Crippen LogP) is 0.989. The van der Waals surface area contributed by atoms with Gasteiger partial charge in [0.25, 0.3) is 0 Å². The fourth-order valence-electron chi connectivity index (χ4n) is 0.406. The molecule has 5 heteroatoms. The van der Waals surface area contributed by atoms with Crippen LogP contribution in [-0.4, -0.2) is 17.3 Å². The van der Waals surface area contributed by atoms with Gasteiger partial charge in [-0.3, -0.25) is 0 Å². The average molecular weight is 181 g/mol. The van der Waals surface area contributed by atoms with Crippen LogP contribution in [0.2, 0.25) is 0 Å². The quantitative estimate of drug-likeness (QED) is 0.503. The smallest absolute Gasteiger partial charge is 0.208 e. The molecule has 2 N–H and O–H groups in total. The summed E-state index contributed by atoms with van der Waals surface area (Å²) in [5.41, 5.74) is 0.211. The molecule has 0 aliphatic carbocycles. The number of hydrogen-bond donors (Lipinski definition) is 2. The first-order chi connectivity index (χ1) is 4.59. The minimum atomic E-state index is -1.59. The molecule has 0 heterocycles. The van der Waals surface area contributed by atoms with Crippen molar-refractivity contribution >= 4 is 26.8 Å². The van der Waals surface area contributed by atoms with Crippen LogP contribution in [0.25, 0.3) is 0 Å². The summed E-state index contributed by atoms with van der Waals surface area (Å²) < 4.78 is 10.6. The van der Waals surface area contributed by atoms with E-state index in [-0.39, 0.29) is 5.71 Å². The highest BCUT2D eigenvalue weighted by atomic mass is 35.7. The van der Waals surface area contributed by atoms with Crippen LogP contribution < -0.4 is 5.32 Å². The summed E-state index contributed by atoms with van der Waals surface area (Å²) in [5, 5.41) is 9.75. The summed E-state index contributed by atoms with van der Waals surface area (Å²) >= 11 is 0. The summed E-state index contributed by atoms with van der Waals surface area (Å²) in [6.07, 6.45) is 1.45. The lowest BCUT2D eigenvalue weighted by Crippen LogP contribution is -2.08. The molecule has 1 atom stereocenters. The van der Waals surface area contributed by atoms with Gasteiger partial charge >= 0.3 is 0 Å². The van der Waals surface area contributed by atoms with E-state index in [2.05, 4.69) is 5.32 Å². The van der Waals surface area contributed by atoms with E-state index in [0.717, 1.165) is 0 Å². The maximum atomic E-state index is 10.6. The first kappa shape index (κ1) is 9.81. The van der Waals surface area contributed by atoms with Gasteiger partial charge in [0.2, 0.25) is 4.91 Å². The molecule has 0 saturated heterocycles. The number of halogens is 1. The van der Waals surface area contributed by atoms with Crippen LogP contribution >= 0.6 is 10.7 Å². The Hall–Kier alpha value is -0.190. The van der Waals surface area contributed by atoms with Crippen molar-refractivity contribution < 1.29 is 4.55 Å². The topological polar surface area (TPSA) is 58.9 Å². The van der Waals surface area contributed by atoms with E-state index in [9.17, 15) is 4.55 Å². The standard InChI is InChI=1S/C5H9ClN2OS/c1-4(7)5(3-8-2)10(6)9/h3,7-8H,1-2H3/b5-3+,7-4?. The molecule has 3 nitrogen and oxygen atoms in total. The second-order valence-corrected chi connectivity index (χ2v) is 3.37. The highest BCUT2D eigenvalue weighted by Gasteiger charge is 2.13. The van der Waals surface area contributed by atoms with E-state index in [1.807, 2.05) is 0 Å². The van der Waals surface area contributed by atoms with Gasteiger partial charge in [0.1, 0.15) is 10.4 Å². The highest BCUT2D eigenvalue weighted by Crippen LogP contribution is 2.11. The van der Waals surface area contributed by atoms with Gasteiger partial charge in [-0.1, -0.05) is 0 Å². The van der Waals surface area contributed by atoms with Gasteiger partial charge in [-0.05, 0) is 6.92 Å². The molecule has 1 unspecified atom stereocenters. The van der Waals surface area contributed by atoms with Gasteiger partial charge in [0.05, 0.1) is 11.9 Å². The van der Waals surface area contributed by atoms with E-state index < -0.39 is 10.4 Å². The van der Waals surface area contributed by atoms with Crippen LogP contribution in [-0.2, 0) is 10.4 Å². The molecule has 0 bridgehead atoms. The van der Waals surface area contributed by atoms with Crippen molar-refractivity contribution in [1.82, 2.24) is 5.32 Å². The summed E-state index contributed by atoms with van der Waals surface area (Å²) in [6.45, 7) is 1.53. The van der Waals surface area contributed by atoms with Crippen LogP contribution in [0.1, 0.15) is 6.92 Å². The molecule has 58 valence electrons. The maximum Gasteiger partial charge on any atom is 0.208 e. The number of hydrogen-bond acceptors (Lipinski definition) is 3. The van der Waals surface area contributed by atoms with Gasteiger partial charge < -0.3 is 15.3 Å². The molecule has 0 rings (SSSR count). The Labute approximate surface area is 67.6 Å². The molecule has 0 aromatic heterocycles. The Morgan fingerprint density at radius 1 is 1.80 bits per heavy atom. The van der Waals surface area contributed by atoms with Gasteiger partial charge in [-0.15, -0.1) is 0 Å². The van der Waals surface area contributed by atoms with E-state index in [1.54, 1.807) is 7.05 Å². The van der Waals surface area contributed by atoms with Crippen molar-refractivity contribution in [3.8, 4) is 0 Å². The molecule has 0 aliphatic heterocycles. The minimum absolute atomic E-state index is 0.211. The van der Waals surface area contributed by atoms with E-state index >= 15 is 0 Å². The summed E-state index contributed by atoms with van der Waals surface area (Å²) in [7, 11) is 5.31. The first-order valence-corrected chi connectivity index (χ1v) is 4.58. The van der Waals surface area contributed by atoms with Crippen LogP contribution in [0.3, 0.4) is 0 Å². The normalized spacial score (nSPS) is 14.6.